The molecule has 0 saturated heterocycles. The van der Waals surface area contributed by atoms with E-state index in [4.69, 9.17) is 27.9 Å². The van der Waals surface area contributed by atoms with Crippen LogP contribution in [-0.2, 0) is 9.53 Å². The van der Waals surface area contributed by atoms with Crippen molar-refractivity contribution in [3.63, 3.8) is 0 Å². The van der Waals surface area contributed by atoms with Crippen LogP contribution in [0.4, 0.5) is 0 Å². The number of benzene rings is 2. The molecule has 128 valence electrons. The summed E-state index contributed by atoms with van der Waals surface area (Å²) in [6.45, 7) is 4.57. The minimum absolute atomic E-state index is 0.145. The highest BCUT2D eigenvalue weighted by atomic mass is 35.5. The van der Waals surface area contributed by atoms with Gasteiger partial charge in [-0.3, -0.25) is 4.79 Å². The number of esters is 1. The summed E-state index contributed by atoms with van der Waals surface area (Å²) >= 11 is 12.0. The van der Waals surface area contributed by atoms with E-state index in [1.165, 1.54) is 0 Å². The molecule has 2 aromatic carbocycles. The van der Waals surface area contributed by atoms with Gasteiger partial charge >= 0.3 is 5.97 Å². The lowest BCUT2D eigenvalue weighted by molar-refractivity contribution is -0.145. The summed E-state index contributed by atoms with van der Waals surface area (Å²) in [7, 11) is 0. The molecule has 24 heavy (non-hydrogen) atoms. The third-order valence-electron chi connectivity index (χ3n) is 4.00. The van der Waals surface area contributed by atoms with Gasteiger partial charge in [-0.2, -0.15) is 0 Å². The summed E-state index contributed by atoms with van der Waals surface area (Å²) in [6, 6.07) is 13.5. The fraction of sp³-hybridized carbons (Fsp3) is 0.350. The molecular weight excluding hydrogens is 343 g/mol. The van der Waals surface area contributed by atoms with Crippen LogP contribution in [-0.4, -0.2) is 12.6 Å². The Morgan fingerprint density at radius 3 is 2.25 bits per heavy atom. The minimum Gasteiger partial charge on any atom is -0.465 e. The molecule has 0 aliphatic heterocycles. The molecule has 0 radical (unpaired) electrons. The van der Waals surface area contributed by atoms with Gasteiger partial charge < -0.3 is 4.74 Å². The fourth-order valence-electron chi connectivity index (χ4n) is 2.54. The highest BCUT2D eigenvalue weighted by molar-refractivity contribution is 6.42. The maximum atomic E-state index is 12.2. The molecule has 2 nitrogen and oxygen atoms in total. The molecule has 0 amide bonds. The molecule has 0 saturated carbocycles. The molecule has 2 aromatic rings. The first kappa shape index (κ1) is 18.8. The van der Waals surface area contributed by atoms with Gasteiger partial charge in [0.05, 0.1) is 22.6 Å². The lowest BCUT2D eigenvalue weighted by atomic mass is 9.94. The van der Waals surface area contributed by atoms with Gasteiger partial charge in [-0.15, -0.1) is 0 Å². The number of hydrogen-bond donors (Lipinski definition) is 0. The van der Waals surface area contributed by atoms with E-state index in [2.05, 4.69) is 6.92 Å². The Bertz CT molecular complexity index is 681. The largest absolute Gasteiger partial charge is 0.465 e. The van der Waals surface area contributed by atoms with Crippen LogP contribution in [0.15, 0.2) is 42.5 Å². The molecule has 0 bridgehead atoms. The van der Waals surface area contributed by atoms with Gasteiger partial charge in [-0.05, 0) is 41.7 Å². The Balaban J connectivity index is 2.14. The number of halogens is 2. The van der Waals surface area contributed by atoms with E-state index < -0.39 is 0 Å². The van der Waals surface area contributed by atoms with Crippen molar-refractivity contribution < 1.29 is 9.53 Å². The van der Waals surface area contributed by atoms with Crippen LogP contribution in [0.3, 0.4) is 0 Å². The maximum absolute atomic E-state index is 12.2. The highest BCUT2D eigenvalue weighted by Crippen LogP contribution is 2.30. The van der Waals surface area contributed by atoms with Crippen molar-refractivity contribution in [2.45, 2.75) is 39.0 Å². The van der Waals surface area contributed by atoms with E-state index in [0.29, 0.717) is 16.7 Å². The molecule has 0 aliphatic rings. The van der Waals surface area contributed by atoms with Crippen LogP contribution in [0.1, 0.15) is 44.6 Å². The second-order valence-electron chi connectivity index (χ2n) is 5.73. The molecule has 4 heteroatoms. The van der Waals surface area contributed by atoms with Gasteiger partial charge in [0.15, 0.2) is 0 Å². The van der Waals surface area contributed by atoms with E-state index in [9.17, 15) is 4.79 Å². The molecule has 0 fully saturated rings. The number of carbonyl (C=O) groups is 1. The number of hydrogen-bond acceptors (Lipinski definition) is 2. The molecule has 0 spiro atoms. The number of unbranched alkanes of at least 4 members (excludes halogenated alkanes) is 1. The monoisotopic (exact) mass is 364 g/mol. The highest BCUT2D eigenvalue weighted by Gasteiger charge is 2.20. The summed E-state index contributed by atoms with van der Waals surface area (Å²) in [6.07, 6.45) is 2.64. The zero-order valence-corrected chi connectivity index (χ0v) is 15.5. The number of rotatable bonds is 7. The zero-order chi connectivity index (χ0) is 17.5. The van der Waals surface area contributed by atoms with Crippen LogP contribution in [0.25, 0.3) is 11.1 Å². The first-order valence-electron chi connectivity index (χ1n) is 8.28. The first-order valence-corrected chi connectivity index (χ1v) is 9.04. The first-order chi connectivity index (χ1) is 11.6. The van der Waals surface area contributed by atoms with Crippen LogP contribution >= 0.6 is 23.2 Å². The molecule has 1 atom stereocenters. The van der Waals surface area contributed by atoms with Gasteiger partial charge in [0, 0.05) is 0 Å². The molecule has 0 heterocycles. The molecule has 0 aliphatic carbocycles. The topological polar surface area (TPSA) is 26.3 Å². The van der Waals surface area contributed by atoms with Gasteiger partial charge in [-0.1, -0.05) is 73.8 Å². The second-order valence-corrected chi connectivity index (χ2v) is 6.55. The Morgan fingerprint density at radius 2 is 1.67 bits per heavy atom. The van der Waals surface area contributed by atoms with Crippen molar-refractivity contribution >= 4 is 29.2 Å². The summed E-state index contributed by atoms with van der Waals surface area (Å²) in [5, 5.41) is 1.07. The Morgan fingerprint density at radius 1 is 1.00 bits per heavy atom. The van der Waals surface area contributed by atoms with Crippen molar-refractivity contribution in [3.05, 3.63) is 58.1 Å². The lowest BCUT2D eigenvalue weighted by Crippen LogP contribution is -2.16. The predicted molar refractivity (Wildman–Crippen MR) is 101 cm³/mol. The molecular formula is C20H22Cl2O2. The molecule has 0 N–H and O–H groups in total. The Kier molecular flexibility index (Phi) is 7.14. The third kappa shape index (κ3) is 4.75. The van der Waals surface area contributed by atoms with Crippen LogP contribution < -0.4 is 0 Å². The van der Waals surface area contributed by atoms with E-state index in [-0.39, 0.29) is 11.9 Å². The van der Waals surface area contributed by atoms with Gasteiger partial charge in [0.1, 0.15) is 0 Å². The SMILES string of the molecule is CCCCOC(=O)[C@H](CC)c1ccc(-c2ccc(Cl)c(Cl)c2)cc1. The lowest BCUT2D eigenvalue weighted by Gasteiger charge is -2.15. The van der Waals surface area contributed by atoms with E-state index in [0.717, 1.165) is 36.0 Å². The van der Waals surface area contributed by atoms with Crippen molar-refractivity contribution in [3.8, 4) is 11.1 Å². The fourth-order valence-corrected chi connectivity index (χ4v) is 2.84. The average molecular weight is 365 g/mol. The van der Waals surface area contributed by atoms with Crippen molar-refractivity contribution in [1.82, 2.24) is 0 Å². The molecule has 0 unspecified atom stereocenters. The minimum atomic E-state index is -0.218. The Hall–Kier alpha value is -1.51. The summed E-state index contributed by atoms with van der Waals surface area (Å²) in [5.74, 6) is -0.363. The average Bonchev–Trinajstić information content (AvgIpc) is 2.59. The molecule has 2 rings (SSSR count). The molecule has 0 aromatic heterocycles. The number of carbonyl (C=O) groups excluding carboxylic acids is 1. The van der Waals surface area contributed by atoms with E-state index in [1.807, 2.05) is 43.3 Å². The standard InChI is InChI=1S/C20H22Cl2O2/c1-3-5-12-24-20(23)17(4-2)15-8-6-14(7-9-15)16-10-11-18(21)19(22)13-16/h6-11,13,17H,3-5,12H2,1-2H3/t17-/m1/s1. The number of ether oxygens (including phenoxy) is 1. The van der Waals surface area contributed by atoms with Crippen LogP contribution in [0.2, 0.25) is 10.0 Å². The summed E-state index contributed by atoms with van der Waals surface area (Å²) in [5.41, 5.74) is 3.00. The van der Waals surface area contributed by atoms with E-state index in [1.54, 1.807) is 6.07 Å². The summed E-state index contributed by atoms with van der Waals surface area (Å²) < 4.78 is 5.36. The van der Waals surface area contributed by atoms with Crippen molar-refractivity contribution in [2.75, 3.05) is 6.61 Å². The van der Waals surface area contributed by atoms with Gasteiger partial charge in [0.25, 0.3) is 0 Å². The van der Waals surface area contributed by atoms with Crippen LogP contribution in [0.5, 0.6) is 0 Å². The normalized spacial score (nSPS) is 12.0. The predicted octanol–water partition coefficient (Wildman–Crippen LogP) is 6.50. The second kappa shape index (κ2) is 9.10. The van der Waals surface area contributed by atoms with Crippen molar-refractivity contribution in [1.29, 1.82) is 0 Å². The zero-order valence-electron chi connectivity index (χ0n) is 14.0. The maximum Gasteiger partial charge on any atom is 0.313 e. The van der Waals surface area contributed by atoms with Crippen LogP contribution in [0, 0.1) is 0 Å². The smallest absolute Gasteiger partial charge is 0.313 e. The Labute approximate surface area is 153 Å². The quantitative estimate of drug-likeness (QED) is 0.414. The van der Waals surface area contributed by atoms with Gasteiger partial charge in [0.2, 0.25) is 0 Å². The summed E-state index contributed by atoms with van der Waals surface area (Å²) in [4.78, 5) is 12.2. The van der Waals surface area contributed by atoms with E-state index >= 15 is 0 Å². The van der Waals surface area contributed by atoms with Crippen molar-refractivity contribution in [2.24, 2.45) is 0 Å². The van der Waals surface area contributed by atoms with Gasteiger partial charge in [-0.25, -0.2) is 0 Å². The third-order valence-corrected chi connectivity index (χ3v) is 4.74.